The van der Waals surface area contributed by atoms with E-state index in [0.29, 0.717) is 10.9 Å². The fourth-order valence-electron chi connectivity index (χ4n) is 2.76. The van der Waals surface area contributed by atoms with Crippen molar-refractivity contribution in [1.29, 1.82) is 0 Å². The van der Waals surface area contributed by atoms with Crippen LogP contribution in [0.5, 0.6) is 17.2 Å². The highest BCUT2D eigenvalue weighted by Gasteiger charge is 2.27. The highest BCUT2D eigenvalue weighted by atomic mass is 35.5. The SMILES string of the molecule is COc1c(OC)c(OC)c2c(N)nc(Cl)nc2c1NC(=O)c1ccccc1. The molecule has 1 aromatic heterocycles. The van der Waals surface area contributed by atoms with Gasteiger partial charge >= 0.3 is 0 Å². The number of ether oxygens (including phenoxy) is 3. The lowest BCUT2D eigenvalue weighted by molar-refractivity contribution is 0.102. The number of methoxy groups -OCH3 is 3. The molecule has 0 spiro atoms. The summed E-state index contributed by atoms with van der Waals surface area (Å²) in [6.07, 6.45) is 0. The van der Waals surface area contributed by atoms with E-state index in [2.05, 4.69) is 15.3 Å². The normalized spacial score (nSPS) is 10.5. The third kappa shape index (κ3) is 3.26. The zero-order valence-corrected chi connectivity index (χ0v) is 15.6. The summed E-state index contributed by atoms with van der Waals surface area (Å²) in [5.41, 5.74) is 7.00. The number of carbonyl (C=O) groups is 1. The topological polar surface area (TPSA) is 109 Å². The Bertz CT molecular complexity index is 1010. The van der Waals surface area contributed by atoms with Crippen LogP contribution in [0.15, 0.2) is 30.3 Å². The van der Waals surface area contributed by atoms with E-state index < -0.39 is 0 Å². The lowest BCUT2D eigenvalue weighted by atomic mass is 10.1. The molecule has 8 nitrogen and oxygen atoms in total. The van der Waals surface area contributed by atoms with Gasteiger partial charge in [0.15, 0.2) is 11.5 Å². The van der Waals surface area contributed by atoms with Gasteiger partial charge in [0.05, 0.1) is 26.7 Å². The first-order chi connectivity index (χ1) is 13.0. The van der Waals surface area contributed by atoms with Crippen molar-refractivity contribution < 1.29 is 19.0 Å². The van der Waals surface area contributed by atoms with Crippen molar-refractivity contribution in [2.45, 2.75) is 0 Å². The van der Waals surface area contributed by atoms with Crippen molar-refractivity contribution in [3.63, 3.8) is 0 Å². The molecule has 0 saturated heterocycles. The second kappa shape index (κ2) is 7.55. The number of nitrogens with zero attached hydrogens (tertiary/aromatic N) is 2. The van der Waals surface area contributed by atoms with Crippen molar-refractivity contribution in [1.82, 2.24) is 9.97 Å². The Kier molecular flexibility index (Phi) is 5.18. The van der Waals surface area contributed by atoms with Crippen LogP contribution in [0.3, 0.4) is 0 Å². The van der Waals surface area contributed by atoms with Gasteiger partial charge in [-0.05, 0) is 23.7 Å². The van der Waals surface area contributed by atoms with Gasteiger partial charge in [0.1, 0.15) is 17.0 Å². The first-order valence-corrected chi connectivity index (χ1v) is 8.20. The van der Waals surface area contributed by atoms with E-state index in [9.17, 15) is 4.79 Å². The lowest BCUT2D eigenvalue weighted by Gasteiger charge is -2.20. The number of aromatic nitrogens is 2. The third-order valence-corrected chi connectivity index (χ3v) is 4.07. The van der Waals surface area contributed by atoms with Gasteiger partial charge in [0.25, 0.3) is 5.91 Å². The van der Waals surface area contributed by atoms with Crippen molar-refractivity contribution in [3.8, 4) is 17.2 Å². The largest absolute Gasteiger partial charge is 0.492 e. The molecule has 0 unspecified atom stereocenters. The molecule has 3 aromatic rings. The van der Waals surface area contributed by atoms with Crippen molar-refractivity contribution >= 4 is 39.9 Å². The number of nitrogens with one attached hydrogen (secondary N) is 1. The van der Waals surface area contributed by atoms with E-state index in [4.69, 9.17) is 31.5 Å². The Hall–Kier alpha value is -3.26. The van der Waals surface area contributed by atoms with Crippen LogP contribution in [0, 0.1) is 0 Å². The molecule has 140 valence electrons. The standard InChI is InChI=1S/C18H17ClN4O4/c1-25-13-10-11(22-18(19)23-16(10)20)12(14(26-2)15(13)27-3)21-17(24)9-7-5-4-6-8-9/h4-8H,1-3H3,(H,21,24)(H2,20,22,23). The predicted molar refractivity (Wildman–Crippen MR) is 103 cm³/mol. The summed E-state index contributed by atoms with van der Waals surface area (Å²) in [6, 6.07) is 8.70. The summed E-state index contributed by atoms with van der Waals surface area (Å²) < 4.78 is 16.3. The van der Waals surface area contributed by atoms with Gasteiger partial charge in [0.2, 0.25) is 11.0 Å². The van der Waals surface area contributed by atoms with Crippen molar-refractivity contribution in [2.24, 2.45) is 0 Å². The Morgan fingerprint density at radius 1 is 1.00 bits per heavy atom. The Labute approximate surface area is 160 Å². The van der Waals surface area contributed by atoms with Gasteiger partial charge in [0, 0.05) is 5.56 Å². The summed E-state index contributed by atoms with van der Waals surface area (Å²) in [5, 5.41) is 3.07. The number of nitrogen functional groups attached to an aromatic ring is 1. The number of hydrogen-bond acceptors (Lipinski definition) is 7. The first kappa shape index (κ1) is 18.5. The summed E-state index contributed by atoms with van der Waals surface area (Å²) in [6.45, 7) is 0. The predicted octanol–water partition coefficient (Wildman–Crippen LogP) is 3.14. The van der Waals surface area contributed by atoms with Crippen LogP contribution in [0.2, 0.25) is 5.28 Å². The zero-order valence-electron chi connectivity index (χ0n) is 14.9. The minimum atomic E-state index is -0.365. The highest BCUT2D eigenvalue weighted by Crippen LogP contribution is 2.50. The van der Waals surface area contributed by atoms with Gasteiger partial charge in [-0.15, -0.1) is 0 Å². The maximum absolute atomic E-state index is 12.7. The van der Waals surface area contributed by atoms with Gasteiger partial charge in [-0.1, -0.05) is 18.2 Å². The van der Waals surface area contributed by atoms with Crippen LogP contribution in [-0.2, 0) is 0 Å². The number of anilines is 2. The average Bonchev–Trinajstić information content (AvgIpc) is 2.68. The second-order valence-electron chi connectivity index (χ2n) is 5.40. The first-order valence-electron chi connectivity index (χ1n) is 7.82. The maximum atomic E-state index is 12.7. The van der Waals surface area contributed by atoms with Crippen molar-refractivity contribution in [2.75, 3.05) is 32.4 Å². The molecule has 9 heteroatoms. The number of halogens is 1. The molecule has 2 aromatic carbocycles. The number of hydrogen-bond donors (Lipinski definition) is 2. The number of carbonyl (C=O) groups excluding carboxylic acids is 1. The van der Waals surface area contributed by atoms with Gasteiger partial charge in [-0.25, -0.2) is 9.97 Å². The Morgan fingerprint density at radius 3 is 2.22 bits per heavy atom. The molecular weight excluding hydrogens is 372 g/mol. The Morgan fingerprint density at radius 2 is 1.63 bits per heavy atom. The molecule has 27 heavy (non-hydrogen) atoms. The minimum Gasteiger partial charge on any atom is -0.492 e. The lowest BCUT2D eigenvalue weighted by Crippen LogP contribution is -2.14. The van der Waals surface area contributed by atoms with Crippen molar-refractivity contribution in [3.05, 3.63) is 41.2 Å². The molecule has 1 heterocycles. The molecule has 0 aliphatic carbocycles. The van der Waals surface area contributed by atoms with E-state index in [1.807, 2.05) is 6.07 Å². The van der Waals surface area contributed by atoms with E-state index in [-0.39, 0.29) is 45.5 Å². The maximum Gasteiger partial charge on any atom is 0.255 e. The monoisotopic (exact) mass is 388 g/mol. The van der Waals surface area contributed by atoms with Crippen LogP contribution in [0.25, 0.3) is 10.9 Å². The fourth-order valence-corrected chi connectivity index (χ4v) is 2.93. The molecule has 0 aliphatic rings. The van der Waals surface area contributed by atoms with Crippen LogP contribution in [0.4, 0.5) is 11.5 Å². The molecular formula is C18H17ClN4O4. The molecule has 3 rings (SSSR count). The molecule has 0 aliphatic heterocycles. The molecule has 0 saturated carbocycles. The van der Waals surface area contributed by atoms with Crippen LogP contribution in [0.1, 0.15) is 10.4 Å². The van der Waals surface area contributed by atoms with E-state index in [1.54, 1.807) is 24.3 Å². The molecule has 1 amide bonds. The minimum absolute atomic E-state index is 0.0792. The Balaban J connectivity index is 2.31. The summed E-state index contributed by atoms with van der Waals surface area (Å²) in [5.74, 6) is 0.457. The smallest absolute Gasteiger partial charge is 0.255 e. The number of fused-ring (bicyclic) bond motifs is 1. The van der Waals surface area contributed by atoms with E-state index in [1.165, 1.54) is 21.3 Å². The number of amides is 1. The van der Waals surface area contributed by atoms with E-state index in [0.717, 1.165) is 0 Å². The van der Waals surface area contributed by atoms with Crippen LogP contribution < -0.4 is 25.3 Å². The van der Waals surface area contributed by atoms with Crippen LogP contribution >= 0.6 is 11.6 Å². The molecule has 3 N–H and O–H groups in total. The van der Waals surface area contributed by atoms with Gasteiger partial charge in [-0.3, -0.25) is 4.79 Å². The fraction of sp³-hybridized carbons (Fsp3) is 0.167. The number of rotatable bonds is 5. The zero-order chi connectivity index (χ0) is 19.6. The third-order valence-electron chi connectivity index (χ3n) is 3.90. The van der Waals surface area contributed by atoms with Gasteiger partial charge in [-0.2, -0.15) is 0 Å². The quantitative estimate of drug-likeness (QED) is 0.646. The summed E-state index contributed by atoms with van der Waals surface area (Å²) in [7, 11) is 4.34. The molecule has 0 fully saturated rings. The molecule has 0 atom stereocenters. The number of benzene rings is 2. The van der Waals surface area contributed by atoms with Gasteiger partial charge < -0.3 is 25.3 Å². The van der Waals surface area contributed by atoms with E-state index >= 15 is 0 Å². The molecule has 0 radical (unpaired) electrons. The summed E-state index contributed by atoms with van der Waals surface area (Å²) >= 11 is 5.99. The summed E-state index contributed by atoms with van der Waals surface area (Å²) in [4.78, 5) is 20.9. The highest BCUT2D eigenvalue weighted by molar-refractivity contribution is 6.29. The molecule has 0 bridgehead atoms. The second-order valence-corrected chi connectivity index (χ2v) is 5.73. The average molecular weight is 389 g/mol. The van der Waals surface area contributed by atoms with Crippen LogP contribution in [-0.4, -0.2) is 37.2 Å². The number of nitrogens with two attached hydrogens (primary N) is 1.